The number of rotatable bonds is 5. The molecule has 0 radical (unpaired) electrons. The number of urea groups is 1. The van der Waals surface area contributed by atoms with Crippen molar-refractivity contribution in [1.82, 2.24) is 5.32 Å². The zero-order valence-corrected chi connectivity index (χ0v) is 13.3. The normalized spacial score (nSPS) is 13.2. The van der Waals surface area contributed by atoms with Gasteiger partial charge in [-0.1, -0.05) is 38.0 Å². The minimum atomic E-state index is -0.647. The van der Waals surface area contributed by atoms with E-state index >= 15 is 0 Å². The molecular weight excluding hydrogens is 268 g/mol. The molecule has 0 saturated carbocycles. The van der Waals surface area contributed by atoms with E-state index in [9.17, 15) is 9.59 Å². The summed E-state index contributed by atoms with van der Waals surface area (Å²) in [5.74, 6) is -0.428. The number of benzene rings is 1. The number of nitrogens with one attached hydrogen (secondary N) is 2. The number of ether oxygens (including phenoxy) is 1. The molecule has 21 heavy (non-hydrogen) atoms. The molecule has 0 heterocycles. The van der Waals surface area contributed by atoms with Crippen molar-refractivity contribution in [2.45, 2.75) is 40.2 Å². The van der Waals surface area contributed by atoms with E-state index in [1.54, 1.807) is 0 Å². The molecule has 0 aromatic heterocycles. The number of aryl methyl sites for hydroxylation is 2. The first-order chi connectivity index (χ1) is 9.88. The van der Waals surface area contributed by atoms with E-state index < -0.39 is 18.0 Å². The van der Waals surface area contributed by atoms with Crippen molar-refractivity contribution in [3.63, 3.8) is 0 Å². The number of anilines is 1. The van der Waals surface area contributed by atoms with E-state index in [2.05, 4.69) is 10.6 Å². The molecule has 116 valence electrons. The molecule has 0 saturated heterocycles. The lowest BCUT2D eigenvalue weighted by Crippen LogP contribution is -2.47. The van der Waals surface area contributed by atoms with Crippen LogP contribution in [0, 0.1) is 19.8 Å². The van der Waals surface area contributed by atoms with Gasteiger partial charge >= 0.3 is 12.0 Å². The standard InChI is InChI=1S/C16H24N2O3/c1-6-11(3)14(15(19)21-5)18-16(20)17-13-8-7-10(2)9-12(13)4/h7-9,11,14H,6H2,1-5H3,(H2,17,18,20)/t11-,14+/m0/s1. The Bertz CT molecular complexity index is 514. The van der Waals surface area contributed by atoms with Crippen molar-refractivity contribution in [3.8, 4) is 0 Å². The molecular formula is C16H24N2O3. The highest BCUT2D eigenvalue weighted by molar-refractivity contribution is 5.93. The van der Waals surface area contributed by atoms with Crippen molar-refractivity contribution in [2.75, 3.05) is 12.4 Å². The molecule has 0 bridgehead atoms. The van der Waals surface area contributed by atoms with Crippen LogP contribution in [-0.2, 0) is 9.53 Å². The van der Waals surface area contributed by atoms with Crippen LogP contribution in [0.15, 0.2) is 18.2 Å². The second-order valence-corrected chi connectivity index (χ2v) is 5.30. The Hall–Kier alpha value is -2.04. The predicted octanol–water partition coefficient (Wildman–Crippen LogP) is 3.01. The molecule has 1 aromatic carbocycles. The minimum Gasteiger partial charge on any atom is -0.467 e. The van der Waals surface area contributed by atoms with Gasteiger partial charge < -0.3 is 15.4 Å². The Morgan fingerprint density at radius 2 is 1.95 bits per heavy atom. The molecule has 5 nitrogen and oxygen atoms in total. The fraction of sp³-hybridized carbons (Fsp3) is 0.500. The molecule has 0 aliphatic carbocycles. The summed E-state index contributed by atoms with van der Waals surface area (Å²) in [5, 5.41) is 5.45. The lowest BCUT2D eigenvalue weighted by Gasteiger charge is -2.22. The topological polar surface area (TPSA) is 67.4 Å². The molecule has 0 unspecified atom stereocenters. The van der Waals surface area contributed by atoms with Crippen LogP contribution in [0.3, 0.4) is 0 Å². The molecule has 2 amide bonds. The van der Waals surface area contributed by atoms with Gasteiger partial charge in [0.15, 0.2) is 0 Å². The average molecular weight is 292 g/mol. The van der Waals surface area contributed by atoms with Crippen LogP contribution in [0.1, 0.15) is 31.4 Å². The number of carbonyl (C=O) groups is 2. The van der Waals surface area contributed by atoms with Crippen LogP contribution in [-0.4, -0.2) is 25.2 Å². The largest absolute Gasteiger partial charge is 0.467 e. The van der Waals surface area contributed by atoms with Crippen LogP contribution in [0.25, 0.3) is 0 Å². The molecule has 0 fully saturated rings. The molecule has 0 aliphatic rings. The van der Waals surface area contributed by atoms with Gasteiger partial charge in [0.25, 0.3) is 0 Å². The van der Waals surface area contributed by atoms with Gasteiger partial charge in [0.1, 0.15) is 6.04 Å². The first-order valence-electron chi connectivity index (χ1n) is 7.11. The third-order valence-electron chi connectivity index (χ3n) is 3.58. The predicted molar refractivity (Wildman–Crippen MR) is 83.3 cm³/mol. The fourth-order valence-corrected chi connectivity index (χ4v) is 2.05. The summed E-state index contributed by atoms with van der Waals surface area (Å²) in [5.41, 5.74) is 2.83. The van der Waals surface area contributed by atoms with E-state index in [0.29, 0.717) is 0 Å². The molecule has 5 heteroatoms. The SMILES string of the molecule is CC[C@H](C)[C@@H](NC(=O)Nc1ccc(C)cc1C)C(=O)OC. The Labute approximate surface area is 126 Å². The number of carbonyl (C=O) groups excluding carboxylic acids is 2. The zero-order chi connectivity index (χ0) is 16.0. The van der Waals surface area contributed by atoms with Crippen molar-refractivity contribution in [1.29, 1.82) is 0 Å². The molecule has 0 spiro atoms. The second-order valence-electron chi connectivity index (χ2n) is 5.30. The molecule has 1 rings (SSSR count). The summed E-state index contributed by atoms with van der Waals surface area (Å²) in [6.07, 6.45) is 0.767. The maximum Gasteiger partial charge on any atom is 0.328 e. The summed E-state index contributed by atoms with van der Waals surface area (Å²) in [7, 11) is 1.32. The fourth-order valence-electron chi connectivity index (χ4n) is 2.05. The highest BCUT2D eigenvalue weighted by Crippen LogP contribution is 2.16. The monoisotopic (exact) mass is 292 g/mol. The van der Waals surface area contributed by atoms with E-state index in [1.807, 2.05) is 45.9 Å². The van der Waals surface area contributed by atoms with Crippen LogP contribution < -0.4 is 10.6 Å². The summed E-state index contributed by atoms with van der Waals surface area (Å²) >= 11 is 0. The summed E-state index contributed by atoms with van der Waals surface area (Å²) in [6, 6.07) is 4.71. The number of hydrogen-bond donors (Lipinski definition) is 2. The third-order valence-corrected chi connectivity index (χ3v) is 3.58. The Morgan fingerprint density at radius 1 is 1.29 bits per heavy atom. The highest BCUT2D eigenvalue weighted by atomic mass is 16.5. The quantitative estimate of drug-likeness (QED) is 0.820. The minimum absolute atomic E-state index is 0.00214. The van der Waals surface area contributed by atoms with E-state index in [0.717, 1.165) is 23.2 Å². The molecule has 1 aromatic rings. The van der Waals surface area contributed by atoms with Crippen molar-refractivity contribution >= 4 is 17.7 Å². The zero-order valence-electron chi connectivity index (χ0n) is 13.3. The van der Waals surface area contributed by atoms with Crippen molar-refractivity contribution in [2.24, 2.45) is 5.92 Å². The number of amides is 2. The lowest BCUT2D eigenvalue weighted by molar-refractivity contribution is -0.144. The van der Waals surface area contributed by atoms with E-state index in [1.165, 1.54) is 7.11 Å². The third kappa shape index (κ3) is 4.77. The lowest BCUT2D eigenvalue weighted by atomic mass is 9.99. The highest BCUT2D eigenvalue weighted by Gasteiger charge is 2.26. The second kappa shape index (κ2) is 7.67. The van der Waals surface area contributed by atoms with Gasteiger partial charge in [-0.15, -0.1) is 0 Å². The van der Waals surface area contributed by atoms with Crippen LogP contribution in [0.2, 0.25) is 0 Å². The molecule has 0 aliphatic heterocycles. The Kier molecular flexibility index (Phi) is 6.21. The maximum absolute atomic E-state index is 12.1. The van der Waals surface area contributed by atoms with Gasteiger partial charge in [0.2, 0.25) is 0 Å². The number of methoxy groups -OCH3 is 1. The van der Waals surface area contributed by atoms with E-state index in [4.69, 9.17) is 4.74 Å². The van der Waals surface area contributed by atoms with Gasteiger partial charge in [0, 0.05) is 5.69 Å². The molecule has 2 atom stereocenters. The van der Waals surface area contributed by atoms with Crippen molar-refractivity contribution in [3.05, 3.63) is 29.3 Å². The van der Waals surface area contributed by atoms with E-state index in [-0.39, 0.29) is 5.92 Å². The Morgan fingerprint density at radius 3 is 2.48 bits per heavy atom. The van der Waals surface area contributed by atoms with Crippen LogP contribution >= 0.6 is 0 Å². The number of esters is 1. The van der Waals surface area contributed by atoms with Gasteiger partial charge in [-0.2, -0.15) is 0 Å². The number of hydrogen-bond acceptors (Lipinski definition) is 3. The van der Waals surface area contributed by atoms with Crippen molar-refractivity contribution < 1.29 is 14.3 Å². The van der Waals surface area contributed by atoms with Gasteiger partial charge in [-0.05, 0) is 31.4 Å². The first-order valence-corrected chi connectivity index (χ1v) is 7.11. The van der Waals surface area contributed by atoms with Gasteiger partial charge in [0.05, 0.1) is 7.11 Å². The summed E-state index contributed by atoms with van der Waals surface area (Å²) < 4.78 is 4.74. The summed E-state index contributed by atoms with van der Waals surface area (Å²) in [6.45, 7) is 7.78. The Balaban J connectivity index is 2.76. The van der Waals surface area contributed by atoms with Crippen LogP contribution in [0.5, 0.6) is 0 Å². The maximum atomic E-state index is 12.1. The first kappa shape index (κ1) is 17.0. The van der Waals surface area contributed by atoms with Gasteiger partial charge in [-0.25, -0.2) is 9.59 Å². The molecule has 2 N–H and O–H groups in total. The average Bonchev–Trinajstić information content (AvgIpc) is 2.46. The van der Waals surface area contributed by atoms with Crippen LogP contribution in [0.4, 0.5) is 10.5 Å². The summed E-state index contributed by atoms with van der Waals surface area (Å²) in [4.78, 5) is 23.8. The smallest absolute Gasteiger partial charge is 0.328 e. The van der Waals surface area contributed by atoms with Gasteiger partial charge in [-0.3, -0.25) is 0 Å².